The third kappa shape index (κ3) is 3.03. The number of nitrogens with zero attached hydrogens (tertiary/aromatic N) is 2. The molecule has 2 aromatic rings. The second kappa shape index (κ2) is 5.75. The zero-order valence-corrected chi connectivity index (χ0v) is 14.3. The van der Waals surface area contributed by atoms with Crippen molar-refractivity contribution in [3.63, 3.8) is 0 Å². The van der Waals surface area contributed by atoms with Crippen molar-refractivity contribution in [3.8, 4) is 0 Å². The number of aliphatic carboxylic acids is 1. The highest BCUT2D eigenvalue weighted by Crippen LogP contribution is 2.42. The average Bonchev–Trinajstić information content (AvgIpc) is 3.20. The molecule has 21 heavy (non-hydrogen) atoms. The van der Waals surface area contributed by atoms with Gasteiger partial charge in [-0.15, -0.1) is 0 Å². The van der Waals surface area contributed by atoms with E-state index in [0.29, 0.717) is 14.6 Å². The molecule has 3 rings (SSSR count). The van der Waals surface area contributed by atoms with Crippen molar-refractivity contribution < 1.29 is 14.3 Å². The molecule has 4 nitrogen and oxygen atoms in total. The molecule has 1 unspecified atom stereocenters. The molecule has 1 aliphatic carbocycles. The number of halogens is 2. The van der Waals surface area contributed by atoms with Gasteiger partial charge in [-0.25, -0.2) is 9.37 Å². The number of imidazole rings is 1. The highest BCUT2D eigenvalue weighted by molar-refractivity contribution is 14.1. The number of carboxylic acid groups (broad SMARTS) is 1. The Hall–Kier alpha value is -0.830. The minimum absolute atomic E-state index is 0.0414. The zero-order chi connectivity index (χ0) is 15.1. The molecule has 1 aromatic carbocycles. The first-order valence-electron chi connectivity index (χ1n) is 6.69. The summed E-state index contributed by atoms with van der Waals surface area (Å²) in [7, 11) is 0. The van der Waals surface area contributed by atoms with Crippen molar-refractivity contribution in [2.75, 3.05) is 5.75 Å². The minimum Gasteiger partial charge on any atom is -0.481 e. The van der Waals surface area contributed by atoms with E-state index in [1.165, 1.54) is 17.8 Å². The van der Waals surface area contributed by atoms with Crippen LogP contribution in [-0.2, 0) is 4.79 Å². The number of benzene rings is 1. The number of hydrogen-bond donors (Lipinski definition) is 1. The fourth-order valence-electron chi connectivity index (χ4n) is 2.48. The van der Waals surface area contributed by atoms with E-state index < -0.39 is 5.97 Å². The van der Waals surface area contributed by atoms with Crippen LogP contribution < -0.4 is 0 Å². The van der Waals surface area contributed by atoms with E-state index in [-0.39, 0.29) is 17.6 Å². The first-order chi connectivity index (χ1) is 9.97. The molecule has 7 heteroatoms. The van der Waals surface area contributed by atoms with Crippen LogP contribution in [0.4, 0.5) is 4.39 Å². The molecule has 1 aromatic heterocycles. The molecule has 1 N–H and O–H groups in total. The summed E-state index contributed by atoms with van der Waals surface area (Å²) in [5.74, 6) is -0.602. The molecule has 0 aliphatic heterocycles. The van der Waals surface area contributed by atoms with Gasteiger partial charge in [0.05, 0.1) is 20.4 Å². The molecule has 1 fully saturated rings. The molecule has 0 bridgehead atoms. The van der Waals surface area contributed by atoms with Gasteiger partial charge in [-0.2, -0.15) is 0 Å². The number of hydrogen-bond acceptors (Lipinski definition) is 3. The second-order valence-corrected chi connectivity index (χ2v) is 7.38. The van der Waals surface area contributed by atoms with E-state index in [4.69, 9.17) is 5.11 Å². The number of thioether (sulfide) groups is 1. The van der Waals surface area contributed by atoms with Crippen LogP contribution in [0.25, 0.3) is 11.0 Å². The van der Waals surface area contributed by atoms with E-state index in [9.17, 15) is 9.18 Å². The van der Waals surface area contributed by atoms with Gasteiger partial charge in [0.2, 0.25) is 0 Å². The van der Waals surface area contributed by atoms with Crippen molar-refractivity contribution in [1.29, 1.82) is 0 Å². The van der Waals surface area contributed by atoms with Crippen LogP contribution in [0.3, 0.4) is 0 Å². The minimum atomic E-state index is -0.876. The quantitative estimate of drug-likeness (QED) is 0.589. The normalized spacial score (nSPS) is 16.3. The lowest BCUT2D eigenvalue weighted by Gasteiger charge is -2.16. The Labute approximate surface area is 139 Å². The van der Waals surface area contributed by atoms with E-state index in [2.05, 4.69) is 11.9 Å². The number of carboxylic acids is 1. The Kier molecular flexibility index (Phi) is 4.13. The van der Waals surface area contributed by atoms with E-state index >= 15 is 0 Å². The Morgan fingerprint density at radius 3 is 2.95 bits per heavy atom. The lowest BCUT2D eigenvalue weighted by Crippen LogP contribution is -2.10. The zero-order valence-electron chi connectivity index (χ0n) is 11.3. The van der Waals surface area contributed by atoms with Crippen LogP contribution in [0.2, 0.25) is 0 Å². The highest BCUT2D eigenvalue weighted by atomic mass is 127. The van der Waals surface area contributed by atoms with Gasteiger partial charge in [0, 0.05) is 12.1 Å². The maximum Gasteiger partial charge on any atom is 0.313 e. The van der Waals surface area contributed by atoms with Gasteiger partial charge in [-0.1, -0.05) is 11.8 Å². The largest absolute Gasteiger partial charge is 0.481 e. The predicted octanol–water partition coefficient (Wildman–Crippen LogP) is 3.93. The molecular formula is C14H14FIN2O2S. The molecule has 0 saturated heterocycles. The van der Waals surface area contributed by atoms with Crippen LogP contribution in [0.15, 0.2) is 17.3 Å². The van der Waals surface area contributed by atoms with E-state index in [1.54, 1.807) is 6.07 Å². The summed E-state index contributed by atoms with van der Waals surface area (Å²) in [6.45, 7) is 2.10. The number of fused-ring (bicyclic) bond motifs is 1. The van der Waals surface area contributed by atoms with Crippen molar-refractivity contribution in [1.82, 2.24) is 9.55 Å². The SMILES string of the molecule is CC(C1CC1)n1c(SCC(=O)O)nc2cc(I)c(F)cc21. The first-order valence-corrected chi connectivity index (χ1v) is 8.75. The van der Waals surface area contributed by atoms with E-state index in [0.717, 1.165) is 23.9 Å². The van der Waals surface area contributed by atoms with Gasteiger partial charge in [0.15, 0.2) is 5.16 Å². The highest BCUT2D eigenvalue weighted by Gasteiger charge is 2.32. The molecule has 1 aliphatic rings. The van der Waals surface area contributed by atoms with Gasteiger partial charge in [-0.05, 0) is 54.3 Å². The molecule has 112 valence electrons. The topological polar surface area (TPSA) is 55.1 Å². The van der Waals surface area contributed by atoms with Crippen molar-refractivity contribution in [2.45, 2.75) is 31.0 Å². The predicted molar refractivity (Wildman–Crippen MR) is 88.2 cm³/mol. The van der Waals surface area contributed by atoms with Crippen molar-refractivity contribution >= 4 is 51.4 Å². The van der Waals surface area contributed by atoms with Crippen molar-refractivity contribution in [2.24, 2.45) is 5.92 Å². The lowest BCUT2D eigenvalue weighted by molar-refractivity contribution is -0.133. The van der Waals surface area contributed by atoms with Crippen LogP contribution in [0.5, 0.6) is 0 Å². The van der Waals surface area contributed by atoms with Crippen LogP contribution >= 0.6 is 34.4 Å². The summed E-state index contributed by atoms with van der Waals surface area (Å²) in [6, 6.07) is 3.44. The van der Waals surface area contributed by atoms with E-state index in [1.807, 2.05) is 27.2 Å². The Bertz CT molecular complexity index is 715. The Morgan fingerprint density at radius 2 is 2.33 bits per heavy atom. The first kappa shape index (κ1) is 15.1. The van der Waals surface area contributed by atoms with Gasteiger partial charge in [-0.3, -0.25) is 4.79 Å². The average molecular weight is 420 g/mol. The second-order valence-electron chi connectivity index (χ2n) is 5.28. The fraction of sp³-hybridized carbons (Fsp3) is 0.429. The standard InChI is InChI=1S/C14H14FIN2O2S/c1-7(8-2-3-8)18-12-4-9(15)10(16)5-11(12)17-14(18)21-6-13(19)20/h4-5,7-8H,2-3,6H2,1H3,(H,19,20). The fourth-order valence-corrected chi connectivity index (χ4v) is 3.75. The Morgan fingerprint density at radius 1 is 1.62 bits per heavy atom. The van der Waals surface area contributed by atoms with Gasteiger partial charge >= 0.3 is 5.97 Å². The smallest absolute Gasteiger partial charge is 0.313 e. The van der Waals surface area contributed by atoms with Gasteiger partial charge < -0.3 is 9.67 Å². The Balaban J connectivity index is 2.10. The molecule has 1 saturated carbocycles. The summed E-state index contributed by atoms with van der Waals surface area (Å²) >= 11 is 3.14. The molecular weight excluding hydrogens is 406 g/mol. The van der Waals surface area contributed by atoms with Crippen LogP contribution in [0, 0.1) is 15.3 Å². The molecule has 1 heterocycles. The lowest BCUT2D eigenvalue weighted by atomic mass is 10.2. The third-order valence-electron chi connectivity index (χ3n) is 3.74. The maximum absolute atomic E-state index is 13.9. The molecule has 1 atom stereocenters. The summed E-state index contributed by atoms with van der Waals surface area (Å²) in [6.07, 6.45) is 2.33. The summed E-state index contributed by atoms with van der Waals surface area (Å²) < 4.78 is 16.4. The molecule has 0 amide bonds. The van der Waals surface area contributed by atoms with Gasteiger partial charge in [0.25, 0.3) is 0 Å². The number of rotatable bonds is 5. The summed E-state index contributed by atoms with van der Waals surface area (Å²) in [5, 5.41) is 9.53. The van der Waals surface area contributed by atoms with Crippen molar-refractivity contribution in [3.05, 3.63) is 21.5 Å². The third-order valence-corrected chi connectivity index (χ3v) is 5.50. The summed E-state index contributed by atoms with van der Waals surface area (Å²) in [4.78, 5) is 15.3. The van der Waals surface area contributed by atoms with Crippen LogP contribution in [0.1, 0.15) is 25.8 Å². The number of carbonyl (C=O) groups is 1. The molecule has 0 radical (unpaired) electrons. The molecule has 0 spiro atoms. The van der Waals surface area contributed by atoms with Crippen LogP contribution in [-0.4, -0.2) is 26.4 Å². The maximum atomic E-state index is 13.9. The van der Waals surface area contributed by atoms with Gasteiger partial charge in [0.1, 0.15) is 5.82 Å². The number of aromatic nitrogens is 2. The monoisotopic (exact) mass is 420 g/mol. The summed E-state index contributed by atoms with van der Waals surface area (Å²) in [5.41, 5.74) is 1.47.